The average molecular weight is 292 g/mol. The molecule has 1 aromatic carbocycles. The van der Waals surface area contributed by atoms with Crippen LogP contribution in [0.25, 0.3) is 0 Å². The number of nitrogens with two attached hydrogens (primary N) is 1. The molecular weight excluding hydrogens is 272 g/mol. The van der Waals surface area contributed by atoms with Crippen molar-refractivity contribution in [3.05, 3.63) is 23.8 Å². The van der Waals surface area contributed by atoms with Gasteiger partial charge in [-0.05, 0) is 25.0 Å². The van der Waals surface area contributed by atoms with Crippen molar-refractivity contribution >= 4 is 17.6 Å². The van der Waals surface area contributed by atoms with Crippen LogP contribution in [0.15, 0.2) is 18.2 Å². The van der Waals surface area contributed by atoms with Gasteiger partial charge in [0, 0.05) is 18.8 Å². The van der Waals surface area contributed by atoms with E-state index in [0.717, 1.165) is 12.8 Å². The van der Waals surface area contributed by atoms with Crippen molar-refractivity contribution in [2.45, 2.75) is 12.8 Å². The second kappa shape index (κ2) is 6.47. The number of piperidine rings is 1. The number of ether oxygens (including phenoxy) is 2. The molecule has 2 rings (SSSR count). The van der Waals surface area contributed by atoms with Crippen LogP contribution >= 0.6 is 0 Å². The Morgan fingerprint density at radius 2 is 2.10 bits per heavy atom. The first kappa shape index (κ1) is 15.2. The van der Waals surface area contributed by atoms with Crippen molar-refractivity contribution in [1.29, 1.82) is 0 Å². The lowest BCUT2D eigenvalue weighted by atomic mass is 9.97. The highest BCUT2D eigenvalue weighted by Crippen LogP contribution is 2.28. The summed E-state index contributed by atoms with van der Waals surface area (Å²) in [5.41, 5.74) is 6.63. The number of carbonyl (C=O) groups excluding carboxylic acids is 2. The van der Waals surface area contributed by atoms with Gasteiger partial charge in [-0.2, -0.15) is 0 Å². The van der Waals surface area contributed by atoms with Gasteiger partial charge in [-0.3, -0.25) is 9.59 Å². The number of amides is 1. The fraction of sp³-hybridized carbons (Fsp3) is 0.467. The van der Waals surface area contributed by atoms with Crippen molar-refractivity contribution in [3.8, 4) is 5.75 Å². The number of nitrogen functional groups attached to an aromatic ring is 1. The maximum Gasteiger partial charge on any atom is 0.310 e. The van der Waals surface area contributed by atoms with Crippen molar-refractivity contribution in [3.63, 3.8) is 0 Å². The third kappa shape index (κ3) is 3.09. The van der Waals surface area contributed by atoms with Gasteiger partial charge in [-0.1, -0.05) is 6.07 Å². The molecule has 0 aromatic heterocycles. The molecule has 0 radical (unpaired) electrons. The number of carbonyl (C=O) groups is 2. The van der Waals surface area contributed by atoms with Crippen LogP contribution in [0.4, 0.5) is 5.69 Å². The highest BCUT2D eigenvalue weighted by atomic mass is 16.5. The molecule has 1 aromatic rings. The van der Waals surface area contributed by atoms with E-state index in [-0.39, 0.29) is 17.8 Å². The lowest BCUT2D eigenvalue weighted by Gasteiger charge is -2.32. The molecule has 1 fully saturated rings. The molecule has 1 aliphatic rings. The van der Waals surface area contributed by atoms with Gasteiger partial charge in [0.15, 0.2) is 0 Å². The van der Waals surface area contributed by atoms with E-state index in [1.54, 1.807) is 23.1 Å². The Morgan fingerprint density at radius 1 is 1.33 bits per heavy atom. The summed E-state index contributed by atoms with van der Waals surface area (Å²) in [7, 11) is 2.86. The first-order chi connectivity index (χ1) is 10.1. The Hall–Kier alpha value is -2.24. The molecule has 6 heteroatoms. The lowest BCUT2D eigenvalue weighted by Crippen LogP contribution is -2.43. The van der Waals surface area contributed by atoms with Crippen molar-refractivity contribution in [1.82, 2.24) is 4.90 Å². The van der Waals surface area contributed by atoms with Gasteiger partial charge in [-0.15, -0.1) is 0 Å². The molecule has 114 valence electrons. The van der Waals surface area contributed by atoms with Gasteiger partial charge < -0.3 is 20.1 Å². The first-order valence-corrected chi connectivity index (χ1v) is 6.88. The minimum absolute atomic E-state index is 0.210. The Labute approximate surface area is 123 Å². The fourth-order valence-corrected chi connectivity index (χ4v) is 2.63. The van der Waals surface area contributed by atoms with Crippen molar-refractivity contribution in [2.24, 2.45) is 5.92 Å². The molecule has 21 heavy (non-hydrogen) atoms. The van der Waals surface area contributed by atoms with Crippen LogP contribution in [0, 0.1) is 5.92 Å². The van der Waals surface area contributed by atoms with Gasteiger partial charge in [0.05, 0.1) is 20.1 Å². The van der Waals surface area contributed by atoms with Crippen LogP contribution in [0.3, 0.4) is 0 Å². The van der Waals surface area contributed by atoms with Crippen LogP contribution in [0.2, 0.25) is 0 Å². The van der Waals surface area contributed by atoms with Crippen LogP contribution in [-0.4, -0.2) is 44.1 Å². The number of rotatable bonds is 3. The molecular formula is C15H20N2O4. The molecule has 1 heterocycles. The van der Waals surface area contributed by atoms with E-state index in [1.165, 1.54) is 14.2 Å². The standard InChI is InChI=1S/C15H20N2O4/c1-20-12-7-3-6-11(16)13(12)14(18)17-8-4-5-10(9-17)15(19)21-2/h3,6-7,10H,4-5,8-9,16H2,1-2H3. The monoisotopic (exact) mass is 292 g/mol. The minimum Gasteiger partial charge on any atom is -0.496 e. The zero-order valence-corrected chi connectivity index (χ0v) is 12.3. The summed E-state index contributed by atoms with van der Waals surface area (Å²) in [6.45, 7) is 0.951. The van der Waals surface area contributed by atoms with Crippen LogP contribution in [-0.2, 0) is 9.53 Å². The largest absolute Gasteiger partial charge is 0.496 e. The summed E-state index contributed by atoms with van der Waals surface area (Å²) >= 11 is 0. The first-order valence-electron chi connectivity index (χ1n) is 6.88. The third-order valence-electron chi connectivity index (χ3n) is 3.74. The smallest absolute Gasteiger partial charge is 0.310 e. The summed E-state index contributed by atoms with van der Waals surface area (Å²) in [6, 6.07) is 5.10. The normalized spacial score (nSPS) is 18.2. The predicted molar refractivity (Wildman–Crippen MR) is 78.0 cm³/mol. The Kier molecular flexibility index (Phi) is 4.67. The molecule has 1 atom stereocenters. The number of methoxy groups -OCH3 is 2. The van der Waals surface area contributed by atoms with Crippen LogP contribution in [0.1, 0.15) is 23.2 Å². The maximum atomic E-state index is 12.7. The van der Waals surface area contributed by atoms with Crippen LogP contribution in [0.5, 0.6) is 5.75 Å². The van der Waals surface area contributed by atoms with Gasteiger partial charge in [0.2, 0.25) is 0 Å². The Bertz CT molecular complexity index is 544. The maximum absolute atomic E-state index is 12.7. The van der Waals surface area contributed by atoms with Crippen LogP contribution < -0.4 is 10.5 Å². The third-order valence-corrected chi connectivity index (χ3v) is 3.74. The molecule has 0 spiro atoms. The van der Waals surface area contributed by atoms with Gasteiger partial charge in [0.1, 0.15) is 11.3 Å². The van der Waals surface area contributed by atoms with E-state index in [0.29, 0.717) is 30.1 Å². The number of esters is 1. The Balaban J connectivity index is 2.22. The SMILES string of the molecule is COC(=O)C1CCCN(C(=O)c2c(N)cccc2OC)C1. The average Bonchev–Trinajstić information content (AvgIpc) is 2.53. The predicted octanol–water partition coefficient (Wildman–Crippen LogP) is 1.30. The fourth-order valence-electron chi connectivity index (χ4n) is 2.63. The van der Waals surface area contributed by atoms with Gasteiger partial charge in [0.25, 0.3) is 5.91 Å². The molecule has 1 aliphatic heterocycles. The summed E-state index contributed by atoms with van der Waals surface area (Å²) in [5, 5.41) is 0. The molecule has 1 saturated heterocycles. The molecule has 1 amide bonds. The van der Waals surface area contributed by atoms with Gasteiger partial charge >= 0.3 is 5.97 Å². The molecule has 6 nitrogen and oxygen atoms in total. The van der Waals surface area contributed by atoms with E-state index in [9.17, 15) is 9.59 Å². The van der Waals surface area contributed by atoms with E-state index < -0.39 is 0 Å². The summed E-state index contributed by atoms with van der Waals surface area (Å²) in [6.07, 6.45) is 1.50. The van der Waals surface area contributed by atoms with E-state index in [2.05, 4.69) is 0 Å². The van der Waals surface area contributed by atoms with Gasteiger partial charge in [-0.25, -0.2) is 0 Å². The number of nitrogens with zero attached hydrogens (tertiary/aromatic N) is 1. The molecule has 0 bridgehead atoms. The molecule has 2 N–H and O–H groups in total. The topological polar surface area (TPSA) is 81.9 Å². The number of benzene rings is 1. The van der Waals surface area contributed by atoms with E-state index in [4.69, 9.17) is 15.2 Å². The Morgan fingerprint density at radius 3 is 2.76 bits per heavy atom. The van der Waals surface area contributed by atoms with Crippen molar-refractivity contribution < 1.29 is 19.1 Å². The number of likely N-dealkylation sites (tertiary alicyclic amines) is 1. The minimum atomic E-state index is -0.277. The lowest BCUT2D eigenvalue weighted by molar-refractivity contribution is -0.146. The highest BCUT2D eigenvalue weighted by molar-refractivity contribution is 6.02. The highest BCUT2D eigenvalue weighted by Gasteiger charge is 2.31. The summed E-state index contributed by atoms with van der Waals surface area (Å²) in [4.78, 5) is 26.0. The number of hydrogen-bond acceptors (Lipinski definition) is 5. The van der Waals surface area contributed by atoms with E-state index >= 15 is 0 Å². The second-order valence-electron chi connectivity index (χ2n) is 5.04. The molecule has 0 aliphatic carbocycles. The van der Waals surface area contributed by atoms with Crippen molar-refractivity contribution in [2.75, 3.05) is 33.0 Å². The zero-order valence-electron chi connectivity index (χ0n) is 12.3. The second-order valence-corrected chi connectivity index (χ2v) is 5.04. The quantitative estimate of drug-likeness (QED) is 0.671. The number of hydrogen-bond donors (Lipinski definition) is 1. The molecule has 1 unspecified atom stereocenters. The summed E-state index contributed by atoms with van der Waals surface area (Å²) < 4.78 is 9.98. The zero-order chi connectivity index (χ0) is 15.4. The van der Waals surface area contributed by atoms with E-state index in [1.807, 2.05) is 0 Å². The number of anilines is 1. The summed E-state index contributed by atoms with van der Waals surface area (Å²) in [5.74, 6) is -0.317. The molecule has 0 saturated carbocycles.